The zero-order valence-corrected chi connectivity index (χ0v) is 18.5. The van der Waals surface area contributed by atoms with Crippen LogP contribution in [0.3, 0.4) is 0 Å². The molecule has 158 valence electrons. The summed E-state index contributed by atoms with van der Waals surface area (Å²) in [6.07, 6.45) is 0. The molecule has 0 spiro atoms. The second kappa shape index (κ2) is 10.9. The van der Waals surface area contributed by atoms with E-state index < -0.39 is 0 Å². The lowest BCUT2D eigenvalue weighted by molar-refractivity contribution is 1.02. The minimum Gasteiger partial charge on any atom is -0.388 e. The fourth-order valence-corrected chi connectivity index (χ4v) is 3.13. The van der Waals surface area contributed by atoms with Gasteiger partial charge < -0.3 is 16.0 Å². The fraction of sp³-hybridized carbons (Fsp3) is 0.154. The third-order valence-corrected chi connectivity index (χ3v) is 4.65. The monoisotopic (exact) mass is 411 g/mol. The van der Waals surface area contributed by atoms with E-state index in [1.54, 1.807) is 0 Å². The minimum absolute atomic E-state index is 0.720. The second-order valence-corrected chi connectivity index (χ2v) is 6.99. The van der Waals surface area contributed by atoms with Crippen LogP contribution in [-0.2, 0) is 0 Å². The van der Waals surface area contributed by atoms with E-state index in [4.69, 9.17) is 9.97 Å². The van der Waals surface area contributed by atoms with Crippen LogP contribution in [0.5, 0.6) is 0 Å². The average molecular weight is 412 g/mol. The Morgan fingerprint density at radius 2 is 0.968 bits per heavy atom. The highest BCUT2D eigenvalue weighted by molar-refractivity contribution is 5.74. The lowest BCUT2D eigenvalue weighted by atomic mass is 10.1. The molecule has 0 unspecified atom stereocenters. The summed E-state index contributed by atoms with van der Waals surface area (Å²) in [5.74, 6) is 0.720. The van der Waals surface area contributed by atoms with Crippen LogP contribution < -0.4 is 16.0 Å². The molecule has 0 fully saturated rings. The third-order valence-electron chi connectivity index (χ3n) is 4.65. The van der Waals surface area contributed by atoms with Crippen molar-refractivity contribution in [2.24, 2.45) is 0 Å². The number of hydrogen-bond donors (Lipinski definition) is 3. The van der Waals surface area contributed by atoms with Crippen LogP contribution >= 0.6 is 0 Å². The van der Waals surface area contributed by atoms with E-state index in [-0.39, 0.29) is 0 Å². The van der Waals surface area contributed by atoms with Crippen molar-refractivity contribution in [3.8, 4) is 33.9 Å². The highest BCUT2D eigenvalue weighted by Crippen LogP contribution is 2.29. The predicted octanol–water partition coefficient (Wildman–Crippen LogP) is 5.40. The van der Waals surface area contributed by atoms with Crippen molar-refractivity contribution in [2.45, 2.75) is 0 Å². The maximum absolute atomic E-state index is 4.86. The molecule has 0 atom stereocenters. The first kappa shape index (κ1) is 22.0. The van der Waals surface area contributed by atoms with E-state index in [0.717, 1.165) is 45.3 Å². The Morgan fingerprint density at radius 1 is 0.516 bits per heavy atom. The summed E-state index contributed by atoms with van der Waals surface area (Å²) in [7, 11) is 7.59. The number of nitrogens with one attached hydrogen (secondary N) is 3. The molecule has 0 radical (unpaired) electrons. The van der Waals surface area contributed by atoms with Crippen molar-refractivity contribution in [1.82, 2.24) is 15.3 Å². The molecule has 4 aromatic rings. The van der Waals surface area contributed by atoms with E-state index in [1.165, 1.54) is 0 Å². The molecule has 31 heavy (non-hydrogen) atoms. The van der Waals surface area contributed by atoms with E-state index in [9.17, 15) is 0 Å². The maximum atomic E-state index is 4.86. The van der Waals surface area contributed by atoms with Crippen LogP contribution in [0.1, 0.15) is 0 Å². The quantitative estimate of drug-likeness (QED) is 0.411. The standard InChI is InChI=1S/C24H22N4.C2H7N/c1-25-20-12-6-10-18(14-20)22-16-23(19-11-7-13-21(15-19)26-2)28-24(27-22)17-8-4-3-5-9-17;1-3-2/h3-16,25-26H,1-2H3;3H,1-2H3. The molecule has 0 aliphatic carbocycles. The number of benzene rings is 3. The molecule has 0 aliphatic rings. The lowest BCUT2D eigenvalue weighted by Crippen LogP contribution is -1.97. The predicted molar refractivity (Wildman–Crippen MR) is 132 cm³/mol. The van der Waals surface area contributed by atoms with Gasteiger partial charge in [0.1, 0.15) is 0 Å². The SMILES string of the molecule is CNC.CNc1cccc(-c2cc(-c3cccc(NC)c3)nc(-c3ccccc3)n2)c1. The van der Waals surface area contributed by atoms with Crippen molar-refractivity contribution in [3.05, 3.63) is 84.9 Å². The van der Waals surface area contributed by atoms with Crippen molar-refractivity contribution in [1.29, 1.82) is 0 Å². The Bertz CT molecular complexity index is 1040. The van der Waals surface area contributed by atoms with Gasteiger partial charge in [-0.25, -0.2) is 9.97 Å². The van der Waals surface area contributed by atoms with Gasteiger partial charge in [-0.2, -0.15) is 0 Å². The Labute approximate surface area is 184 Å². The molecule has 4 rings (SSSR count). The van der Waals surface area contributed by atoms with Gasteiger partial charge in [0.2, 0.25) is 0 Å². The summed E-state index contributed by atoms with van der Waals surface area (Å²) in [4.78, 5) is 9.73. The van der Waals surface area contributed by atoms with Crippen molar-refractivity contribution in [2.75, 3.05) is 38.8 Å². The second-order valence-electron chi connectivity index (χ2n) is 6.99. The summed E-state index contributed by atoms with van der Waals surface area (Å²) >= 11 is 0. The summed E-state index contributed by atoms with van der Waals surface area (Å²) in [5.41, 5.74) is 7.01. The molecule has 1 heterocycles. The molecular weight excluding hydrogens is 382 g/mol. The van der Waals surface area contributed by atoms with Gasteiger partial charge in [0, 0.05) is 42.2 Å². The van der Waals surface area contributed by atoms with E-state index in [2.05, 4.69) is 46.3 Å². The number of anilines is 2. The van der Waals surface area contributed by atoms with Crippen LogP contribution in [0.25, 0.3) is 33.9 Å². The summed E-state index contributed by atoms with van der Waals surface area (Å²) in [5, 5.41) is 9.14. The third kappa shape index (κ3) is 5.68. The van der Waals surface area contributed by atoms with Gasteiger partial charge in [0.25, 0.3) is 0 Å². The van der Waals surface area contributed by atoms with Gasteiger partial charge in [-0.3, -0.25) is 0 Å². The van der Waals surface area contributed by atoms with Crippen LogP contribution in [0, 0.1) is 0 Å². The van der Waals surface area contributed by atoms with Crippen LogP contribution in [-0.4, -0.2) is 38.2 Å². The van der Waals surface area contributed by atoms with Gasteiger partial charge in [-0.15, -0.1) is 0 Å². The minimum atomic E-state index is 0.720. The molecule has 0 bridgehead atoms. The smallest absolute Gasteiger partial charge is 0.160 e. The lowest BCUT2D eigenvalue weighted by Gasteiger charge is -2.11. The van der Waals surface area contributed by atoms with Gasteiger partial charge in [-0.1, -0.05) is 54.6 Å². The van der Waals surface area contributed by atoms with Crippen molar-refractivity contribution in [3.63, 3.8) is 0 Å². The summed E-state index contributed by atoms with van der Waals surface area (Å²) in [6, 6.07) is 28.7. The average Bonchev–Trinajstić information content (AvgIpc) is 2.85. The van der Waals surface area contributed by atoms with Gasteiger partial charge >= 0.3 is 0 Å². The maximum Gasteiger partial charge on any atom is 0.160 e. The molecule has 3 N–H and O–H groups in total. The van der Waals surface area contributed by atoms with Crippen LogP contribution in [0.2, 0.25) is 0 Å². The Hall–Kier alpha value is -3.70. The molecular formula is C26H29N5. The Balaban J connectivity index is 0.000000858. The fourth-order valence-electron chi connectivity index (χ4n) is 3.13. The molecule has 5 nitrogen and oxygen atoms in total. The molecule has 0 saturated carbocycles. The number of hydrogen-bond acceptors (Lipinski definition) is 5. The van der Waals surface area contributed by atoms with E-state index in [1.807, 2.05) is 82.8 Å². The first-order valence-electron chi connectivity index (χ1n) is 10.3. The topological polar surface area (TPSA) is 61.9 Å². The Kier molecular flexibility index (Phi) is 7.73. The van der Waals surface area contributed by atoms with Gasteiger partial charge in [0.15, 0.2) is 5.82 Å². The summed E-state index contributed by atoms with van der Waals surface area (Å²) < 4.78 is 0. The molecule has 0 amide bonds. The number of rotatable bonds is 5. The highest BCUT2D eigenvalue weighted by atomic mass is 14.9. The zero-order valence-electron chi connectivity index (χ0n) is 18.5. The van der Waals surface area contributed by atoms with E-state index in [0.29, 0.717) is 0 Å². The van der Waals surface area contributed by atoms with Crippen LogP contribution in [0.4, 0.5) is 11.4 Å². The molecule has 3 aromatic carbocycles. The normalized spacial score (nSPS) is 10.1. The van der Waals surface area contributed by atoms with Crippen molar-refractivity contribution >= 4 is 11.4 Å². The van der Waals surface area contributed by atoms with Crippen molar-refractivity contribution < 1.29 is 0 Å². The molecule has 0 aliphatic heterocycles. The van der Waals surface area contributed by atoms with Crippen LogP contribution in [0.15, 0.2) is 84.9 Å². The number of nitrogens with zero attached hydrogens (tertiary/aromatic N) is 2. The first-order valence-corrected chi connectivity index (χ1v) is 10.3. The highest BCUT2D eigenvalue weighted by Gasteiger charge is 2.11. The van der Waals surface area contributed by atoms with Gasteiger partial charge in [-0.05, 0) is 44.4 Å². The largest absolute Gasteiger partial charge is 0.388 e. The zero-order chi connectivity index (χ0) is 22.1. The molecule has 1 aromatic heterocycles. The number of aromatic nitrogens is 2. The first-order chi connectivity index (χ1) is 15.2. The summed E-state index contributed by atoms with van der Waals surface area (Å²) in [6.45, 7) is 0. The molecule has 0 saturated heterocycles. The van der Waals surface area contributed by atoms with Gasteiger partial charge in [0.05, 0.1) is 11.4 Å². The molecule has 5 heteroatoms. The Morgan fingerprint density at radius 3 is 1.42 bits per heavy atom. The van der Waals surface area contributed by atoms with E-state index >= 15 is 0 Å².